The summed E-state index contributed by atoms with van der Waals surface area (Å²) in [4.78, 5) is 28.5. The molecular weight excluding hydrogens is 290 g/mol. The van der Waals surface area contributed by atoms with Crippen molar-refractivity contribution in [1.29, 1.82) is 0 Å². The lowest BCUT2D eigenvalue weighted by molar-refractivity contribution is -0.134. The van der Waals surface area contributed by atoms with Crippen LogP contribution in [0.2, 0.25) is 0 Å². The standard InChI is InChI=1S/C18H23N3O2/c1-21-12-14(9-10-18(21)23)20-17(22)8-4-5-13-11-19-16-7-3-2-6-15(13)16/h2-3,6-7,11,14,19H,4-5,8-10,12H2,1H3,(H,20,22). The number of H-pyrrole nitrogens is 1. The van der Waals surface area contributed by atoms with Crippen LogP contribution in [0.3, 0.4) is 0 Å². The molecule has 2 heterocycles. The maximum Gasteiger partial charge on any atom is 0.222 e. The van der Waals surface area contributed by atoms with E-state index in [4.69, 9.17) is 0 Å². The van der Waals surface area contributed by atoms with Gasteiger partial charge in [0.1, 0.15) is 0 Å². The van der Waals surface area contributed by atoms with Crippen molar-refractivity contribution in [2.75, 3.05) is 13.6 Å². The molecule has 0 aliphatic carbocycles. The fourth-order valence-electron chi connectivity index (χ4n) is 3.21. The zero-order valence-corrected chi connectivity index (χ0v) is 13.5. The summed E-state index contributed by atoms with van der Waals surface area (Å²) in [6.45, 7) is 0.618. The average Bonchev–Trinajstić information content (AvgIpc) is 2.94. The van der Waals surface area contributed by atoms with Crippen LogP contribution >= 0.6 is 0 Å². The molecule has 2 amide bonds. The molecule has 3 rings (SSSR count). The van der Waals surface area contributed by atoms with Crippen LogP contribution in [0.15, 0.2) is 30.5 Å². The summed E-state index contributed by atoms with van der Waals surface area (Å²) in [5.74, 6) is 0.243. The number of aromatic nitrogens is 1. The summed E-state index contributed by atoms with van der Waals surface area (Å²) in [6, 6.07) is 8.32. The number of para-hydroxylation sites is 1. The number of likely N-dealkylation sites (tertiary alicyclic amines) is 1. The van der Waals surface area contributed by atoms with Gasteiger partial charge < -0.3 is 15.2 Å². The third-order valence-electron chi connectivity index (χ3n) is 4.52. The first-order valence-corrected chi connectivity index (χ1v) is 8.22. The van der Waals surface area contributed by atoms with E-state index in [0.29, 0.717) is 19.4 Å². The SMILES string of the molecule is CN1CC(NC(=O)CCCc2c[nH]c3ccccc23)CCC1=O. The van der Waals surface area contributed by atoms with Gasteiger partial charge in [-0.25, -0.2) is 0 Å². The quantitative estimate of drug-likeness (QED) is 0.889. The van der Waals surface area contributed by atoms with Gasteiger partial charge in [-0.1, -0.05) is 18.2 Å². The number of fused-ring (bicyclic) bond motifs is 1. The maximum atomic E-state index is 12.1. The van der Waals surface area contributed by atoms with E-state index in [1.165, 1.54) is 10.9 Å². The number of aromatic amines is 1. The van der Waals surface area contributed by atoms with Gasteiger partial charge in [-0.3, -0.25) is 9.59 Å². The van der Waals surface area contributed by atoms with Gasteiger partial charge >= 0.3 is 0 Å². The Morgan fingerprint density at radius 1 is 1.39 bits per heavy atom. The van der Waals surface area contributed by atoms with Crippen molar-refractivity contribution in [3.63, 3.8) is 0 Å². The first-order valence-electron chi connectivity index (χ1n) is 8.22. The number of likely N-dealkylation sites (N-methyl/N-ethyl adjacent to an activating group) is 1. The average molecular weight is 313 g/mol. The predicted octanol–water partition coefficient (Wildman–Crippen LogP) is 2.23. The highest BCUT2D eigenvalue weighted by molar-refractivity contribution is 5.83. The summed E-state index contributed by atoms with van der Waals surface area (Å²) in [5, 5.41) is 4.28. The third kappa shape index (κ3) is 3.73. The first kappa shape index (κ1) is 15.6. The Balaban J connectivity index is 1.45. The number of hydrogen-bond donors (Lipinski definition) is 2. The van der Waals surface area contributed by atoms with E-state index in [1.54, 1.807) is 11.9 Å². The summed E-state index contributed by atoms with van der Waals surface area (Å²) in [7, 11) is 1.79. The molecule has 1 aromatic carbocycles. The summed E-state index contributed by atoms with van der Waals surface area (Å²) >= 11 is 0. The fourth-order valence-corrected chi connectivity index (χ4v) is 3.21. The van der Waals surface area contributed by atoms with E-state index in [-0.39, 0.29) is 17.9 Å². The molecule has 5 heteroatoms. The Kier molecular flexibility index (Phi) is 4.65. The minimum Gasteiger partial charge on any atom is -0.361 e. The number of nitrogens with zero attached hydrogens (tertiary/aromatic N) is 1. The van der Waals surface area contributed by atoms with Crippen molar-refractivity contribution >= 4 is 22.7 Å². The van der Waals surface area contributed by atoms with Crippen LogP contribution in [0.4, 0.5) is 0 Å². The van der Waals surface area contributed by atoms with Gasteiger partial charge in [0.25, 0.3) is 0 Å². The molecule has 2 N–H and O–H groups in total. The lowest BCUT2D eigenvalue weighted by Gasteiger charge is -2.30. The number of amides is 2. The minimum absolute atomic E-state index is 0.0811. The predicted molar refractivity (Wildman–Crippen MR) is 90.0 cm³/mol. The highest BCUT2D eigenvalue weighted by Gasteiger charge is 2.23. The molecule has 1 saturated heterocycles. The Hall–Kier alpha value is -2.30. The molecule has 1 aliphatic heterocycles. The topological polar surface area (TPSA) is 65.2 Å². The van der Waals surface area contributed by atoms with Crippen molar-refractivity contribution in [3.05, 3.63) is 36.0 Å². The number of carbonyl (C=O) groups is 2. The lowest BCUT2D eigenvalue weighted by Crippen LogP contribution is -2.48. The van der Waals surface area contributed by atoms with E-state index in [9.17, 15) is 9.59 Å². The highest BCUT2D eigenvalue weighted by Crippen LogP contribution is 2.19. The highest BCUT2D eigenvalue weighted by atomic mass is 16.2. The van der Waals surface area contributed by atoms with Crippen molar-refractivity contribution in [1.82, 2.24) is 15.2 Å². The Morgan fingerprint density at radius 2 is 2.22 bits per heavy atom. The zero-order chi connectivity index (χ0) is 16.2. The Bertz CT molecular complexity index is 707. The number of nitrogens with one attached hydrogen (secondary N) is 2. The van der Waals surface area contributed by atoms with Crippen molar-refractivity contribution in [3.8, 4) is 0 Å². The minimum atomic E-state index is 0.0811. The fraction of sp³-hybridized carbons (Fsp3) is 0.444. The van der Waals surface area contributed by atoms with Crippen molar-refractivity contribution in [2.24, 2.45) is 0 Å². The Labute approximate surface area is 136 Å². The van der Waals surface area contributed by atoms with Crippen LogP contribution < -0.4 is 5.32 Å². The molecule has 23 heavy (non-hydrogen) atoms. The number of benzene rings is 1. The van der Waals surface area contributed by atoms with Crippen LogP contribution in [0.5, 0.6) is 0 Å². The molecule has 5 nitrogen and oxygen atoms in total. The number of piperidine rings is 1. The molecule has 1 atom stereocenters. The van der Waals surface area contributed by atoms with Gasteiger partial charge in [0.15, 0.2) is 0 Å². The maximum absolute atomic E-state index is 12.1. The smallest absolute Gasteiger partial charge is 0.222 e. The van der Waals surface area contributed by atoms with Crippen LogP contribution in [-0.2, 0) is 16.0 Å². The van der Waals surface area contributed by atoms with E-state index < -0.39 is 0 Å². The first-order chi connectivity index (χ1) is 11.1. The largest absolute Gasteiger partial charge is 0.361 e. The monoisotopic (exact) mass is 313 g/mol. The lowest BCUT2D eigenvalue weighted by atomic mass is 10.0. The van der Waals surface area contributed by atoms with E-state index in [1.807, 2.05) is 18.3 Å². The summed E-state index contributed by atoms with van der Waals surface area (Å²) < 4.78 is 0. The number of hydrogen-bond acceptors (Lipinski definition) is 2. The van der Waals surface area contributed by atoms with Gasteiger partial charge in [0.05, 0.1) is 0 Å². The molecule has 0 spiro atoms. The molecule has 1 aromatic heterocycles. The van der Waals surface area contributed by atoms with Gasteiger partial charge in [-0.2, -0.15) is 0 Å². The summed E-state index contributed by atoms with van der Waals surface area (Å²) in [5.41, 5.74) is 2.40. The van der Waals surface area contributed by atoms with Crippen LogP contribution in [-0.4, -0.2) is 41.3 Å². The van der Waals surface area contributed by atoms with E-state index >= 15 is 0 Å². The van der Waals surface area contributed by atoms with E-state index in [2.05, 4.69) is 22.4 Å². The van der Waals surface area contributed by atoms with Crippen LogP contribution in [0, 0.1) is 0 Å². The van der Waals surface area contributed by atoms with E-state index in [0.717, 1.165) is 24.8 Å². The molecule has 1 unspecified atom stereocenters. The normalized spacial score (nSPS) is 18.4. The zero-order valence-electron chi connectivity index (χ0n) is 13.5. The number of rotatable bonds is 5. The van der Waals surface area contributed by atoms with Crippen molar-refractivity contribution < 1.29 is 9.59 Å². The molecular formula is C18H23N3O2. The van der Waals surface area contributed by atoms with Crippen LogP contribution in [0.1, 0.15) is 31.2 Å². The van der Waals surface area contributed by atoms with Gasteiger partial charge in [0.2, 0.25) is 11.8 Å². The molecule has 122 valence electrons. The number of aryl methyl sites for hydroxylation is 1. The molecule has 0 saturated carbocycles. The Morgan fingerprint density at radius 3 is 3.04 bits per heavy atom. The second-order valence-electron chi connectivity index (χ2n) is 6.29. The second-order valence-corrected chi connectivity index (χ2v) is 6.29. The molecule has 0 bridgehead atoms. The third-order valence-corrected chi connectivity index (χ3v) is 4.52. The molecule has 2 aromatic rings. The van der Waals surface area contributed by atoms with Crippen LogP contribution in [0.25, 0.3) is 10.9 Å². The van der Waals surface area contributed by atoms with Gasteiger partial charge in [-0.05, 0) is 30.9 Å². The van der Waals surface area contributed by atoms with Crippen molar-refractivity contribution in [2.45, 2.75) is 38.1 Å². The molecule has 0 radical (unpaired) electrons. The van der Waals surface area contributed by atoms with Gasteiger partial charge in [-0.15, -0.1) is 0 Å². The number of carbonyl (C=O) groups excluding carboxylic acids is 2. The molecule has 1 aliphatic rings. The molecule has 1 fully saturated rings. The van der Waals surface area contributed by atoms with Gasteiger partial charge in [0, 0.05) is 49.6 Å². The second kappa shape index (κ2) is 6.86. The summed E-state index contributed by atoms with van der Waals surface area (Å²) in [6.07, 6.45) is 5.54.